The summed E-state index contributed by atoms with van der Waals surface area (Å²) in [4.78, 5) is 2.68. The molecule has 0 radical (unpaired) electrons. The molecule has 6 unspecified atom stereocenters. The standard InChI is InChI=1S/C61H63N/c1-56(2,3)38-20-18-37(19-21-38)45-33-51-46(43-15-11-13-17-48(43)61(51)54-29-36-28-39-30-55(61)60(39,54)35-36)34-53(45)62(41-23-25-49-52(32-41)58(6,7)27-26-57(49,4)5)40-22-24-44-42-14-10-12-16-47(42)59(8,9)50(44)31-40/h10-25,31-34,36,39,54-55H,26-30,35H2,1-9H3. The highest BCUT2D eigenvalue weighted by atomic mass is 15.1. The second kappa shape index (κ2) is 11.8. The highest BCUT2D eigenvalue weighted by Gasteiger charge is 2.84. The summed E-state index contributed by atoms with van der Waals surface area (Å²) in [7, 11) is 0. The fourth-order valence-corrected chi connectivity index (χ4v) is 15.9. The molecule has 1 nitrogen and oxygen atoms in total. The summed E-state index contributed by atoms with van der Waals surface area (Å²) >= 11 is 0. The van der Waals surface area contributed by atoms with Gasteiger partial charge in [0.2, 0.25) is 0 Å². The summed E-state index contributed by atoms with van der Waals surface area (Å²) in [5.41, 5.74) is 23.6. The summed E-state index contributed by atoms with van der Waals surface area (Å²) in [5, 5.41) is 0. The molecule has 0 aromatic heterocycles. The molecule has 7 aliphatic rings. The van der Waals surface area contributed by atoms with Gasteiger partial charge in [-0.25, -0.2) is 0 Å². The minimum Gasteiger partial charge on any atom is -0.310 e. The fourth-order valence-electron chi connectivity index (χ4n) is 15.9. The van der Waals surface area contributed by atoms with Crippen LogP contribution in [0.15, 0.2) is 121 Å². The molecule has 6 atom stereocenters. The molecule has 0 aliphatic heterocycles. The van der Waals surface area contributed by atoms with Crippen LogP contribution < -0.4 is 4.90 Å². The van der Waals surface area contributed by atoms with E-state index in [-0.39, 0.29) is 27.1 Å². The zero-order chi connectivity index (χ0) is 42.5. The van der Waals surface area contributed by atoms with Crippen LogP contribution in [0.25, 0.3) is 33.4 Å². The lowest BCUT2D eigenvalue weighted by Gasteiger charge is -2.76. The van der Waals surface area contributed by atoms with E-state index in [2.05, 4.69) is 189 Å². The lowest BCUT2D eigenvalue weighted by atomic mass is 9.27. The van der Waals surface area contributed by atoms with Crippen LogP contribution in [0, 0.1) is 29.1 Å². The minimum absolute atomic E-state index is 0.0817. The largest absolute Gasteiger partial charge is 0.310 e. The molecule has 4 fully saturated rings. The van der Waals surface area contributed by atoms with Gasteiger partial charge in [-0.05, 0) is 187 Å². The van der Waals surface area contributed by atoms with Crippen LogP contribution in [0.4, 0.5) is 17.1 Å². The zero-order valence-electron chi connectivity index (χ0n) is 38.5. The topological polar surface area (TPSA) is 3.24 Å². The predicted molar refractivity (Wildman–Crippen MR) is 259 cm³/mol. The van der Waals surface area contributed by atoms with Gasteiger partial charge in [0.15, 0.2) is 0 Å². The normalized spacial score (nSPS) is 28.9. The highest BCUT2D eigenvalue weighted by Crippen LogP contribution is 2.89. The average molecular weight is 810 g/mol. The van der Waals surface area contributed by atoms with E-state index in [0.717, 1.165) is 23.7 Å². The third-order valence-corrected chi connectivity index (χ3v) is 19.0. The summed E-state index contributed by atoms with van der Waals surface area (Å²) < 4.78 is 0. The lowest BCUT2D eigenvalue weighted by Crippen LogP contribution is -2.73. The van der Waals surface area contributed by atoms with Crippen molar-refractivity contribution >= 4 is 17.1 Å². The molecule has 62 heavy (non-hydrogen) atoms. The van der Waals surface area contributed by atoms with Gasteiger partial charge in [0.1, 0.15) is 0 Å². The molecule has 312 valence electrons. The lowest BCUT2D eigenvalue weighted by molar-refractivity contribution is -0.231. The highest BCUT2D eigenvalue weighted by molar-refractivity contribution is 5.96. The third kappa shape index (κ3) is 4.51. The Labute approximate surface area is 371 Å². The molecule has 4 saturated carbocycles. The molecule has 0 N–H and O–H groups in total. The molecule has 0 heterocycles. The summed E-state index contributed by atoms with van der Waals surface area (Å²) in [5.74, 6) is 3.43. The van der Waals surface area contributed by atoms with Gasteiger partial charge in [0.25, 0.3) is 0 Å². The molecule has 6 aromatic carbocycles. The van der Waals surface area contributed by atoms with Crippen LogP contribution >= 0.6 is 0 Å². The van der Waals surface area contributed by atoms with Crippen LogP contribution in [0.2, 0.25) is 0 Å². The predicted octanol–water partition coefficient (Wildman–Crippen LogP) is 16.1. The SMILES string of the molecule is CC(C)(C)c1ccc(-c2cc3c(cc2N(c2ccc4c(c2)C(C)(C)CCC4(C)C)c2ccc4c(c2)C(C)(C)c2ccccc2-4)-c2ccccc2C32C3CC4CC5CC2C53C4)cc1. The van der Waals surface area contributed by atoms with E-state index in [1.165, 1.54) is 117 Å². The fraction of sp³-hybridized carbons (Fsp3) is 0.410. The van der Waals surface area contributed by atoms with Crippen LogP contribution in [0.1, 0.15) is 140 Å². The molecule has 6 aromatic rings. The molecule has 2 spiro atoms. The van der Waals surface area contributed by atoms with Crippen molar-refractivity contribution in [2.24, 2.45) is 29.1 Å². The molecule has 0 amide bonds. The molecule has 13 rings (SSSR count). The van der Waals surface area contributed by atoms with Gasteiger partial charge in [-0.2, -0.15) is 0 Å². The number of hydrogen-bond donors (Lipinski definition) is 0. The summed E-state index contributed by atoms with van der Waals surface area (Å²) in [6.07, 6.45) is 8.22. The van der Waals surface area contributed by atoms with E-state index < -0.39 is 0 Å². The Morgan fingerprint density at radius 3 is 1.82 bits per heavy atom. The Morgan fingerprint density at radius 1 is 0.500 bits per heavy atom. The van der Waals surface area contributed by atoms with Crippen molar-refractivity contribution < 1.29 is 0 Å². The summed E-state index contributed by atoms with van der Waals surface area (Å²) in [6, 6.07) is 48.9. The maximum atomic E-state index is 2.74. The van der Waals surface area contributed by atoms with Gasteiger partial charge in [-0.15, -0.1) is 0 Å². The van der Waals surface area contributed by atoms with Gasteiger partial charge in [-0.1, -0.05) is 147 Å². The molecule has 1 heteroatoms. The van der Waals surface area contributed by atoms with Crippen molar-refractivity contribution in [2.45, 2.75) is 128 Å². The van der Waals surface area contributed by atoms with Gasteiger partial charge < -0.3 is 4.90 Å². The first-order chi connectivity index (χ1) is 29.5. The van der Waals surface area contributed by atoms with E-state index in [0.29, 0.717) is 5.41 Å². The number of anilines is 3. The van der Waals surface area contributed by atoms with E-state index in [4.69, 9.17) is 0 Å². The van der Waals surface area contributed by atoms with Crippen molar-refractivity contribution in [2.75, 3.05) is 4.90 Å². The number of benzene rings is 6. The van der Waals surface area contributed by atoms with Crippen molar-refractivity contribution in [1.29, 1.82) is 0 Å². The van der Waals surface area contributed by atoms with E-state index in [9.17, 15) is 0 Å². The maximum Gasteiger partial charge on any atom is 0.0546 e. The van der Waals surface area contributed by atoms with Gasteiger partial charge in [0, 0.05) is 27.8 Å². The van der Waals surface area contributed by atoms with Crippen LogP contribution in [-0.2, 0) is 27.1 Å². The van der Waals surface area contributed by atoms with Gasteiger partial charge in [0.05, 0.1) is 5.69 Å². The Bertz CT molecular complexity index is 2910. The second-order valence-corrected chi connectivity index (χ2v) is 24.1. The first-order valence-corrected chi connectivity index (χ1v) is 24.1. The van der Waals surface area contributed by atoms with E-state index in [1.54, 1.807) is 11.1 Å². The first-order valence-electron chi connectivity index (χ1n) is 24.1. The van der Waals surface area contributed by atoms with E-state index >= 15 is 0 Å². The quantitative estimate of drug-likeness (QED) is 0.171. The number of rotatable bonds is 4. The van der Waals surface area contributed by atoms with E-state index in [1.807, 2.05) is 0 Å². The average Bonchev–Trinajstić information content (AvgIpc) is 3.94. The first kappa shape index (κ1) is 37.7. The Kier molecular flexibility index (Phi) is 7.18. The second-order valence-electron chi connectivity index (χ2n) is 24.1. The molecule has 0 saturated heterocycles. The van der Waals surface area contributed by atoms with Crippen LogP contribution in [0.3, 0.4) is 0 Å². The van der Waals surface area contributed by atoms with Crippen molar-refractivity contribution in [1.82, 2.24) is 0 Å². The molecular weight excluding hydrogens is 747 g/mol. The molecular formula is C61H63N. The number of fused-ring (bicyclic) bond motifs is 12. The third-order valence-electron chi connectivity index (χ3n) is 19.0. The van der Waals surface area contributed by atoms with Crippen LogP contribution in [0.5, 0.6) is 0 Å². The van der Waals surface area contributed by atoms with Crippen molar-refractivity contribution in [3.8, 4) is 33.4 Å². The molecule has 7 aliphatic carbocycles. The number of nitrogens with zero attached hydrogens (tertiary/aromatic N) is 1. The molecule has 2 bridgehead atoms. The zero-order valence-corrected chi connectivity index (χ0v) is 38.5. The minimum atomic E-state index is -0.105. The van der Waals surface area contributed by atoms with Crippen LogP contribution in [-0.4, -0.2) is 0 Å². The van der Waals surface area contributed by atoms with Gasteiger partial charge >= 0.3 is 0 Å². The Hall–Kier alpha value is -4.88. The van der Waals surface area contributed by atoms with Crippen molar-refractivity contribution in [3.05, 3.63) is 160 Å². The van der Waals surface area contributed by atoms with Crippen molar-refractivity contribution in [3.63, 3.8) is 0 Å². The van der Waals surface area contributed by atoms with Gasteiger partial charge in [-0.3, -0.25) is 0 Å². The summed E-state index contributed by atoms with van der Waals surface area (Å²) in [6.45, 7) is 21.7. The maximum absolute atomic E-state index is 2.74. The number of hydrogen-bond acceptors (Lipinski definition) is 1. The Morgan fingerprint density at radius 2 is 1.11 bits per heavy atom. The smallest absolute Gasteiger partial charge is 0.0546 e. The Balaban J connectivity index is 1.09. The monoisotopic (exact) mass is 809 g/mol.